The minimum Gasteiger partial charge on any atom is -0.469 e. The van der Waals surface area contributed by atoms with E-state index in [0.717, 1.165) is 5.56 Å². The van der Waals surface area contributed by atoms with Crippen molar-refractivity contribution in [2.75, 3.05) is 20.7 Å². The van der Waals surface area contributed by atoms with Gasteiger partial charge in [-0.3, -0.25) is 4.79 Å². The van der Waals surface area contributed by atoms with Crippen molar-refractivity contribution in [1.82, 2.24) is 9.88 Å². The molecule has 0 atom stereocenters. The van der Waals surface area contributed by atoms with Gasteiger partial charge in [-0.15, -0.1) is 0 Å². The Hall–Kier alpha value is -1.13. The van der Waals surface area contributed by atoms with Gasteiger partial charge in [-0.2, -0.15) is 0 Å². The number of ether oxygens (including phenoxy) is 1. The van der Waals surface area contributed by atoms with Crippen LogP contribution in [0.1, 0.15) is 12.0 Å². The maximum atomic E-state index is 10.9. The summed E-state index contributed by atoms with van der Waals surface area (Å²) in [4.78, 5) is 16.9. The standard InChI is InChI=1S/C11H15ClN2O2/c1-14(7-5-10(15)16-2)8-9-4-3-6-13-11(9)12/h3-4,6H,5,7-8H2,1-2H3. The molecule has 1 aromatic heterocycles. The second-order valence-electron chi connectivity index (χ2n) is 3.52. The summed E-state index contributed by atoms with van der Waals surface area (Å²) >= 11 is 5.93. The van der Waals surface area contributed by atoms with Crippen molar-refractivity contribution in [3.05, 3.63) is 29.0 Å². The van der Waals surface area contributed by atoms with Gasteiger partial charge in [-0.05, 0) is 13.1 Å². The molecular weight excluding hydrogens is 228 g/mol. The van der Waals surface area contributed by atoms with Crippen LogP contribution in [-0.4, -0.2) is 36.6 Å². The first-order chi connectivity index (χ1) is 7.63. The molecule has 0 fully saturated rings. The maximum Gasteiger partial charge on any atom is 0.306 e. The van der Waals surface area contributed by atoms with Gasteiger partial charge in [0.1, 0.15) is 5.15 Å². The van der Waals surface area contributed by atoms with E-state index in [4.69, 9.17) is 11.6 Å². The Bertz CT molecular complexity index is 358. The van der Waals surface area contributed by atoms with Crippen molar-refractivity contribution in [1.29, 1.82) is 0 Å². The van der Waals surface area contributed by atoms with E-state index in [-0.39, 0.29) is 5.97 Å². The first kappa shape index (κ1) is 12.9. The van der Waals surface area contributed by atoms with E-state index in [1.165, 1.54) is 7.11 Å². The van der Waals surface area contributed by atoms with Crippen LogP contribution in [0.3, 0.4) is 0 Å². The molecule has 1 heterocycles. The van der Waals surface area contributed by atoms with E-state index >= 15 is 0 Å². The van der Waals surface area contributed by atoms with E-state index < -0.39 is 0 Å². The van der Waals surface area contributed by atoms with Crippen LogP contribution >= 0.6 is 11.6 Å². The second-order valence-corrected chi connectivity index (χ2v) is 3.88. The lowest BCUT2D eigenvalue weighted by Crippen LogP contribution is -2.22. The fourth-order valence-corrected chi connectivity index (χ4v) is 1.47. The summed E-state index contributed by atoms with van der Waals surface area (Å²) in [6, 6.07) is 3.76. The number of rotatable bonds is 5. The highest BCUT2D eigenvalue weighted by Gasteiger charge is 2.07. The van der Waals surface area contributed by atoms with E-state index in [0.29, 0.717) is 24.7 Å². The molecule has 1 rings (SSSR count). The molecule has 5 heteroatoms. The Morgan fingerprint density at radius 1 is 1.62 bits per heavy atom. The van der Waals surface area contributed by atoms with Crippen molar-refractivity contribution in [3.8, 4) is 0 Å². The molecule has 0 aliphatic carbocycles. The first-order valence-corrected chi connectivity index (χ1v) is 5.36. The maximum absolute atomic E-state index is 10.9. The van der Waals surface area contributed by atoms with Crippen LogP contribution in [0.2, 0.25) is 5.15 Å². The Morgan fingerprint density at radius 2 is 2.38 bits per heavy atom. The van der Waals surface area contributed by atoms with Gasteiger partial charge >= 0.3 is 5.97 Å². The third-order valence-corrected chi connectivity index (χ3v) is 2.54. The van der Waals surface area contributed by atoms with E-state index in [1.54, 1.807) is 6.20 Å². The van der Waals surface area contributed by atoms with Crippen LogP contribution in [0.25, 0.3) is 0 Å². The molecule has 0 N–H and O–H groups in total. The normalized spacial score (nSPS) is 10.5. The van der Waals surface area contributed by atoms with Crippen LogP contribution in [0.4, 0.5) is 0 Å². The molecular formula is C11H15ClN2O2. The van der Waals surface area contributed by atoms with Crippen LogP contribution in [0.15, 0.2) is 18.3 Å². The smallest absolute Gasteiger partial charge is 0.306 e. The molecule has 0 saturated carbocycles. The largest absolute Gasteiger partial charge is 0.469 e. The highest BCUT2D eigenvalue weighted by atomic mass is 35.5. The number of pyridine rings is 1. The predicted octanol–water partition coefficient (Wildman–Crippen LogP) is 1.73. The van der Waals surface area contributed by atoms with E-state index in [9.17, 15) is 4.79 Å². The van der Waals surface area contributed by atoms with E-state index in [1.807, 2.05) is 24.1 Å². The number of esters is 1. The number of carbonyl (C=O) groups is 1. The second kappa shape index (κ2) is 6.45. The van der Waals surface area contributed by atoms with Gasteiger partial charge in [0.25, 0.3) is 0 Å². The Balaban J connectivity index is 2.43. The Labute approximate surface area is 100 Å². The summed E-state index contributed by atoms with van der Waals surface area (Å²) in [7, 11) is 3.31. The number of hydrogen-bond donors (Lipinski definition) is 0. The molecule has 0 aliphatic rings. The molecule has 0 radical (unpaired) electrons. The van der Waals surface area contributed by atoms with Gasteiger partial charge in [0, 0.05) is 24.8 Å². The van der Waals surface area contributed by atoms with Crippen molar-refractivity contribution in [2.45, 2.75) is 13.0 Å². The fourth-order valence-electron chi connectivity index (χ4n) is 1.29. The van der Waals surface area contributed by atoms with Gasteiger partial charge in [0.2, 0.25) is 0 Å². The average molecular weight is 243 g/mol. The summed E-state index contributed by atoms with van der Waals surface area (Å²) in [6.45, 7) is 1.31. The molecule has 88 valence electrons. The van der Waals surface area contributed by atoms with Crippen molar-refractivity contribution in [3.63, 3.8) is 0 Å². The molecule has 0 spiro atoms. The third kappa shape index (κ3) is 4.16. The quantitative estimate of drug-likeness (QED) is 0.583. The molecule has 0 unspecified atom stereocenters. The summed E-state index contributed by atoms with van der Waals surface area (Å²) in [6.07, 6.45) is 2.03. The Morgan fingerprint density at radius 3 is 3.00 bits per heavy atom. The van der Waals surface area contributed by atoms with Gasteiger partial charge in [0.05, 0.1) is 13.5 Å². The fraction of sp³-hybridized carbons (Fsp3) is 0.455. The molecule has 16 heavy (non-hydrogen) atoms. The summed E-state index contributed by atoms with van der Waals surface area (Å²) in [5, 5.41) is 0.507. The zero-order valence-electron chi connectivity index (χ0n) is 9.44. The molecule has 0 aromatic carbocycles. The number of carbonyl (C=O) groups excluding carboxylic acids is 1. The van der Waals surface area contributed by atoms with Crippen molar-refractivity contribution in [2.24, 2.45) is 0 Å². The summed E-state index contributed by atoms with van der Waals surface area (Å²) in [5.41, 5.74) is 0.955. The van der Waals surface area contributed by atoms with Gasteiger partial charge in [-0.1, -0.05) is 17.7 Å². The summed E-state index contributed by atoms with van der Waals surface area (Å²) < 4.78 is 4.57. The third-order valence-electron chi connectivity index (χ3n) is 2.20. The van der Waals surface area contributed by atoms with Crippen molar-refractivity contribution < 1.29 is 9.53 Å². The number of aromatic nitrogens is 1. The predicted molar refractivity (Wildman–Crippen MR) is 62.2 cm³/mol. The number of methoxy groups -OCH3 is 1. The SMILES string of the molecule is COC(=O)CCN(C)Cc1cccnc1Cl. The molecule has 4 nitrogen and oxygen atoms in total. The van der Waals surface area contributed by atoms with Crippen LogP contribution in [-0.2, 0) is 16.1 Å². The lowest BCUT2D eigenvalue weighted by molar-refractivity contribution is -0.140. The molecule has 0 aliphatic heterocycles. The average Bonchev–Trinajstić information content (AvgIpc) is 2.29. The number of hydrogen-bond acceptors (Lipinski definition) is 4. The Kier molecular flexibility index (Phi) is 5.22. The summed E-state index contributed by atoms with van der Waals surface area (Å²) in [5.74, 6) is -0.205. The molecule has 1 aromatic rings. The van der Waals surface area contributed by atoms with Crippen LogP contribution < -0.4 is 0 Å². The molecule has 0 saturated heterocycles. The van der Waals surface area contributed by atoms with Gasteiger partial charge in [0.15, 0.2) is 0 Å². The van der Waals surface area contributed by atoms with Gasteiger partial charge < -0.3 is 9.64 Å². The lowest BCUT2D eigenvalue weighted by Gasteiger charge is -2.16. The minimum atomic E-state index is -0.205. The topological polar surface area (TPSA) is 42.4 Å². The highest BCUT2D eigenvalue weighted by molar-refractivity contribution is 6.30. The van der Waals surface area contributed by atoms with Crippen LogP contribution in [0.5, 0.6) is 0 Å². The number of nitrogens with zero attached hydrogens (tertiary/aromatic N) is 2. The minimum absolute atomic E-state index is 0.205. The zero-order valence-corrected chi connectivity index (χ0v) is 10.2. The molecule has 0 amide bonds. The van der Waals surface area contributed by atoms with E-state index in [2.05, 4.69) is 9.72 Å². The number of halogens is 1. The van der Waals surface area contributed by atoms with Crippen molar-refractivity contribution >= 4 is 17.6 Å². The van der Waals surface area contributed by atoms with Gasteiger partial charge in [-0.25, -0.2) is 4.98 Å². The molecule has 0 bridgehead atoms. The van der Waals surface area contributed by atoms with Crippen LogP contribution in [0, 0.1) is 0 Å². The highest BCUT2D eigenvalue weighted by Crippen LogP contribution is 2.13. The zero-order chi connectivity index (χ0) is 12.0. The first-order valence-electron chi connectivity index (χ1n) is 4.98. The monoisotopic (exact) mass is 242 g/mol. The lowest BCUT2D eigenvalue weighted by atomic mass is 10.2.